The molecule has 0 bridgehead atoms. The molecular formula is C13H9F2N3OS. The van der Waals surface area contributed by atoms with Gasteiger partial charge < -0.3 is 5.73 Å². The fraction of sp³-hybridized carbons (Fsp3) is 0.0769. The Labute approximate surface area is 116 Å². The van der Waals surface area contributed by atoms with E-state index in [1.165, 1.54) is 18.3 Å². The first-order chi connectivity index (χ1) is 9.51. The SMILES string of the molecule is N#Cc1cc(CS(=O)c2c(F)cc(N)cc2F)ccn1. The van der Waals surface area contributed by atoms with Gasteiger partial charge in [0.25, 0.3) is 0 Å². The Kier molecular flexibility index (Phi) is 4.05. The van der Waals surface area contributed by atoms with Gasteiger partial charge in [0.1, 0.15) is 28.3 Å². The highest BCUT2D eigenvalue weighted by Crippen LogP contribution is 2.22. The maximum atomic E-state index is 13.6. The van der Waals surface area contributed by atoms with E-state index in [1.54, 1.807) is 0 Å². The standard InChI is InChI=1S/C13H9F2N3OS/c14-11-4-9(17)5-12(15)13(11)20(19)7-8-1-2-18-10(3-8)6-16/h1-5H,7,17H2. The first-order valence-corrected chi connectivity index (χ1v) is 6.81. The van der Waals surface area contributed by atoms with Crippen LogP contribution in [-0.4, -0.2) is 9.19 Å². The number of aromatic nitrogens is 1. The number of nitrogens with two attached hydrogens (primary N) is 1. The van der Waals surface area contributed by atoms with Crippen molar-refractivity contribution in [2.24, 2.45) is 0 Å². The van der Waals surface area contributed by atoms with Crippen LogP contribution in [0.2, 0.25) is 0 Å². The number of hydrogen-bond donors (Lipinski definition) is 1. The summed E-state index contributed by atoms with van der Waals surface area (Å²) in [7, 11) is -1.92. The summed E-state index contributed by atoms with van der Waals surface area (Å²) in [4.78, 5) is 3.24. The van der Waals surface area contributed by atoms with Crippen molar-refractivity contribution in [1.29, 1.82) is 5.26 Å². The zero-order valence-corrected chi connectivity index (χ0v) is 11.0. The Morgan fingerprint density at radius 2 is 1.95 bits per heavy atom. The molecule has 0 saturated heterocycles. The second-order valence-corrected chi connectivity index (χ2v) is 5.35. The van der Waals surface area contributed by atoms with Gasteiger partial charge in [0.15, 0.2) is 0 Å². The molecule has 0 aliphatic rings. The van der Waals surface area contributed by atoms with Crippen molar-refractivity contribution in [3.8, 4) is 6.07 Å². The Morgan fingerprint density at radius 1 is 1.30 bits per heavy atom. The molecule has 20 heavy (non-hydrogen) atoms. The van der Waals surface area contributed by atoms with Crippen molar-refractivity contribution in [3.63, 3.8) is 0 Å². The number of rotatable bonds is 3. The summed E-state index contributed by atoms with van der Waals surface area (Å²) in [6.07, 6.45) is 1.38. The van der Waals surface area contributed by atoms with Crippen LogP contribution >= 0.6 is 0 Å². The number of pyridine rings is 1. The van der Waals surface area contributed by atoms with Crippen LogP contribution in [0.15, 0.2) is 35.4 Å². The number of benzene rings is 1. The van der Waals surface area contributed by atoms with E-state index in [-0.39, 0.29) is 17.1 Å². The van der Waals surface area contributed by atoms with Gasteiger partial charge in [-0.05, 0) is 29.8 Å². The summed E-state index contributed by atoms with van der Waals surface area (Å²) >= 11 is 0. The number of nitriles is 1. The van der Waals surface area contributed by atoms with Crippen LogP contribution in [-0.2, 0) is 16.6 Å². The van der Waals surface area contributed by atoms with E-state index >= 15 is 0 Å². The summed E-state index contributed by atoms with van der Waals surface area (Å²) in [5.74, 6) is -2.01. The molecule has 0 aliphatic heterocycles. The van der Waals surface area contributed by atoms with Crippen molar-refractivity contribution in [3.05, 3.63) is 53.4 Å². The van der Waals surface area contributed by atoms with Crippen LogP contribution in [0.25, 0.3) is 0 Å². The lowest BCUT2D eigenvalue weighted by atomic mass is 10.2. The van der Waals surface area contributed by atoms with Crippen LogP contribution in [0, 0.1) is 23.0 Å². The number of nitrogen functional groups attached to an aromatic ring is 1. The third-order valence-corrected chi connectivity index (χ3v) is 3.93. The molecule has 7 heteroatoms. The highest BCUT2D eigenvalue weighted by Gasteiger charge is 2.17. The van der Waals surface area contributed by atoms with Crippen molar-refractivity contribution >= 4 is 16.5 Å². The predicted molar refractivity (Wildman–Crippen MR) is 69.8 cm³/mol. The molecule has 2 rings (SSSR count). The number of hydrogen-bond acceptors (Lipinski definition) is 4. The topological polar surface area (TPSA) is 79.8 Å². The van der Waals surface area contributed by atoms with Crippen molar-refractivity contribution in [2.75, 3.05) is 5.73 Å². The maximum absolute atomic E-state index is 13.6. The average Bonchev–Trinajstić information content (AvgIpc) is 2.37. The van der Waals surface area contributed by atoms with Crippen molar-refractivity contribution in [1.82, 2.24) is 4.98 Å². The Hall–Kier alpha value is -2.33. The van der Waals surface area contributed by atoms with Gasteiger partial charge >= 0.3 is 0 Å². The van der Waals surface area contributed by atoms with Crippen molar-refractivity contribution in [2.45, 2.75) is 10.6 Å². The molecule has 0 aliphatic carbocycles. The fourth-order valence-electron chi connectivity index (χ4n) is 1.65. The number of nitrogens with zero attached hydrogens (tertiary/aromatic N) is 2. The molecule has 1 aromatic carbocycles. The molecule has 1 atom stereocenters. The second kappa shape index (κ2) is 5.75. The molecule has 0 amide bonds. The Balaban J connectivity index is 2.31. The fourth-order valence-corrected chi connectivity index (χ4v) is 2.83. The molecule has 2 aromatic rings. The molecule has 4 nitrogen and oxygen atoms in total. The highest BCUT2D eigenvalue weighted by molar-refractivity contribution is 7.84. The van der Waals surface area contributed by atoms with E-state index in [4.69, 9.17) is 11.0 Å². The zero-order chi connectivity index (χ0) is 14.7. The molecule has 0 saturated carbocycles. The highest BCUT2D eigenvalue weighted by atomic mass is 32.2. The summed E-state index contributed by atoms with van der Waals surface area (Å²) in [6, 6.07) is 6.63. The molecule has 0 radical (unpaired) electrons. The molecule has 102 valence electrons. The minimum absolute atomic E-state index is 0.0728. The van der Waals surface area contributed by atoms with Crippen LogP contribution < -0.4 is 5.73 Å². The summed E-state index contributed by atoms with van der Waals surface area (Å²) in [5.41, 5.74) is 5.88. The summed E-state index contributed by atoms with van der Waals surface area (Å²) in [5, 5.41) is 8.71. The van der Waals surface area contributed by atoms with E-state index in [0.717, 1.165) is 12.1 Å². The second-order valence-electron chi connectivity index (χ2n) is 3.96. The quantitative estimate of drug-likeness (QED) is 0.879. The molecule has 0 spiro atoms. The first kappa shape index (κ1) is 14.1. The first-order valence-electron chi connectivity index (χ1n) is 5.49. The molecule has 2 N–H and O–H groups in total. The van der Waals surface area contributed by atoms with Gasteiger partial charge in [-0.2, -0.15) is 5.26 Å². The van der Waals surface area contributed by atoms with Gasteiger partial charge in [0, 0.05) is 11.9 Å². The molecular weight excluding hydrogens is 284 g/mol. The Bertz CT molecular complexity index is 705. The van der Waals surface area contributed by atoms with E-state index in [9.17, 15) is 13.0 Å². The van der Waals surface area contributed by atoms with Gasteiger partial charge in [0.05, 0.1) is 16.6 Å². The van der Waals surface area contributed by atoms with Crippen LogP contribution in [0.5, 0.6) is 0 Å². The smallest absolute Gasteiger partial charge is 0.144 e. The lowest BCUT2D eigenvalue weighted by Gasteiger charge is -2.06. The van der Waals surface area contributed by atoms with Crippen LogP contribution in [0.3, 0.4) is 0 Å². The van der Waals surface area contributed by atoms with Gasteiger partial charge in [-0.1, -0.05) is 0 Å². The third-order valence-electron chi connectivity index (χ3n) is 2.48. The summed E-state index contributed by atoms with van der Waals surface area (Å²) in [6.45, 7) is 0. The van der Waals surface area contributed by atoms with E-state index in [0.29, 0.717) is 5.56 Å². The van der Waals surface area contributed by atoms with Crippen molar-refractivity contribution < 1.29 is 13.0 Å². The molecule has 1 unspecified atom stereocenters. The predicted octanol–water partition coefficient (Wildman–Crippen LogP) is 2.12. The van der Waals surface area contributed by atoms with Gasteiger partial charge in [0.2, 0.25) is 0 Å². The minimum Gasteiger partial charge on any atom is -0.399 e. The maximum Gasteiger partial charge on any atom is 0.144 e. The van der Waals surface area contributed by atoms with E-state index in [1.807, 2.05) is 6.07 Å². The van der Waals surface area contributed by atoms with E-state index in [2.05, 4.69) is 4.98 Å². The van der Waals surface area contributed by atoms with Gasteiger partial charge in [-0.3, -0.25) is 4.21 Å². The molecule has 1 heterocycles. The minimum atomic E-state index is -1.92. The van der Waals surface area contributed by atoms with E-state index < -0.39 is 27.3 Å². The van der Waals surface area contributed by atoms with Crippen LogP contribution in [0.4, 0.5) is 14.5 Å². The van der Waals surface area contributed by atoms with Gasteiger partial charge in [-0.25, -0.2) is 13.8 Å². The monoisotopic (exact) mass is 293 g/mol. The number of halogens is 2. The third kappa shape index (κ3) is 2.97. The Morgan fingerprint density at radius 3 is 2.55 bits per heavy atom. The normalized spacial score (nSPS) is 11.8. The molecule has 0 fully saturated rings. The lowest BCUT2D eigenvalue weighted by Crippen LogP contribution is -2.04. The largest absolute Gasteiger partial charge is 0.399 e. The molecule has 1 aromatic heterocycles. The van der Waals surface area contributed by atoms with Crippen LogP contribution in [0.1, 0.15) is 11.3 Å². The van der Waals surface area contributed by atoms with Gasteiger partial charge in [-0.15, -0.1) is 0 Å². The lowest BCUT2D eigenvalue weighted by molar-refractivity contribution is 0.535. The average molecular weight is 293 g/mol. The number of anilines is 1. The summed E-state index contributed by atoms with van der Waals surface area (Å²) < 4.78 is 39.3. The zero-order valence-electron chi connectivity index (χ0n) is 10.1.